The molecule has 2 aliphatic rings. The molecular formula is C22H29N3O4S2. The number of hydrogen-bond donors (Lipinski definition) is 0. The Hall–Kier alpha value is -1.78. The molecule has 4 rings (SSSR count). The fourth-order valence-electron chi connectivity index (χ4n) is 4.09. The largest absolute Gasteiger partial charge is 0.377 e. The highest BCUT2D eigenvalue weighted by Gasteiger charge is 2.31. The highest BCUT2D eigenvalue weighted by Crippen LogP contribution is 2.19. The number of hydrogen-bond acceptors (Lipinski definition) is 6. The summed E-state index contributed by atoms with van der Waals surface area (Å²) in [5.74, 6) is 0.0475. The Morgan fingerprint density at radius 1 is 1.10 bits per heavy atom. The van der Waals surface area contributed by atoms with Crippen LogP contribution in [0.3, 0.4) is 0 Å². The van der Waals surface area contributed by atoms with E-state index >= 15 is 0 Å². The van der Waals surface area contributed by atoms with Gasteiger partial charge in [0.2, 0.25) is 15.9 Å². The molecule has 1 amide bonds. The van der Waals surface area contributed by atoms with Crippen LogP contribution in [0.15, 0.2) is 52.7 Å². The maximum Gasteiger partial charge on any atom is 0.243 e. The summed E-state index contributed by atoms with van der Waals surface area (Å²) in [5.41, 5.74) is 0. The predicted octanol–water partition coefficient (Wildman–Crippen LogP) is 2.26. The first-order valence-corrected chi connectivity index (χ1v) is 13.0. The number of rotatable bonds is 8. The molecule has 3 heterocycles. The zero-order valence-electron chi connectivity index (χ0n) is 17.6. The van der Waals surface area contributed by atoms with Gasteiger partial charge < -0.3 is 9.64 Å². The van der Waals surface area contributed by atoms with E-state index in [1.165, 1.54) is 9.18 Å². The lowest BCUT2D eigenvalue weighted by atomic mass is 10.2. The molecule has 1 aromatic carbocycles. The van der Waals surface area contributed by atoms with Crippen LogP contribution in [-0.4, -0.2) is 80.4 Å². The number of piperazine rings is 1. The third kappa shape index (κ3) is 5.72. The van der Waals surface area contributed by atoms with Crippen molar-refractivity contribution in [2.45, 2.75) is 30.4 Å². The minimum atomic E-state index is -3.51. The number of benzene rings is 1. The highest BCUT2D eigenvalue weighted by molar-refractivity contribution is 7.89. The van der Waals surface area contributed by atoms with Crippen LogP contribution in [0, 0.1) is 0 Å². The zero-order chi connectivity index (χ0) is 21.7. The van der Waals surface area contributed by atoms with Crippen LogP contribution >= 0.6 is 11.3 Å². The summed E-state index contributed by atoms with van der Waals surface area (Å²) in [6.07, 6.45) is 2.29. The summed E-state index contributed by atoms with van der Waals surface area (Å²) < 4.78 is 32.9. The van der Waals surface area contributed by atoms with Crippen LogP contribution in [0.5, 0.6) is 0 Å². The van der Waals surface area contributed by atoms with Gasteiger partial charge in [-0.3, -0.25) is 9.69 Å². The molecule has 2 fully saturated rings. The van der Waals surface area contributed by atoms with Crippen LogP contribution in [-0.2, 0) is 26.1 Å². The van der Waals surface area contributed by atoms with Crippen LogP contribution in [0.25, 0.3) is 0 Å². The molecule has 9 heteroatoms. The number of sulfonamides is 1. The van der Waals surface area contributed by atoms with Gasteiger partial charge in [-0.25, -0.2) is 8.42 Å². The second-order valence-electron chi connectivity index (χ2n) is 7.98. The van der Waals surface area contributed by atoms with E-state index in [0.717, 1.165) is 32.5 Å². The van der Waals surface area contributed by atoms with Crippen molar-refractivity contribution in [3.63, 3.8) is 0 Å². The van der Waals surface area contributed by atoms with Crippen LogP contribution in [0.1, 0.15) is 17.7 Å². The number of carbonyl (C=O) groups excluding carboxylic acids is 1. The Kier molecular flexibility index (Phi) is 7.39. The zero-order valence-corrected chi connectivity index (χ0v) is 19.2. The molecule has 0 radical (unpaired) electrons. The highest BCUT2D eigenvalue weighted by atomic mass is 32.2. The van der Waals surface area contributed by atoms with Crippen molar-refractivity contribution in [3.8, 4) is 0 Å². The molecule has 0 N–H and O–H groups in total. The van der Waals surface area contributed by atoms with E-state index in [0.29, 0.717) is 37.6 Å². The van der Waals surface area contributed by atoms with E-state index in [9.17, 15) is 13.2 Å². The van der Waals surface area contributed by atoms with Gasteiger partial charge in [-0.1, -0.05) is 24.3 Å². The Morgan fingerprint density at radius 3 is 2.52 bits per heavy atom. The third-order valence-corrected chi connectivity index (χ3v) is 8.55. The number of carbonyl (C=O) groups is 1. The third-order valence-electron chi connectivity index (χ3n) is 5.78. The summed E-state index contributed by atoms with van der Waals surface area (Å²) in [7, 11) is -3.51. The van der Waals surface area contributed by atoms with Gasteiger partial charge in [-0.2, -0.15) is 4.31 Å². The Bertz CT molecular complexity index is 936. The monoisotopic (exact) mass is 463 g/mol. The minimum Gasteiger partial charge on any atom is -0.377 e. The normalized spacial score (nSPS) is 20.4. The molecule has 0 saturated carbocycles. The fourth-order valence-corrected chi connectivity index (χ4v) is 6.28. The molecule has 1 aromatic heterocycles. The van der Waals surface area contributed by atoms with E-state index < -0.39 is 10.0 Å². The topological polar surface area (TPSA) is 70.2 Å². The molecule has 31 heavy (non-hydrogen) atoms. The molecular weight excluding hydrogens is 434 g/mol. The van der Waals surface area contributed by atoms with Gasteiger partial charge in [0.25, 0.3) is 0 Å². The Balaban J connectivity index is 1.34. The number of nitrogens with zero attached hydrogens (tertiary/aromatic N) is 3. The lowest BCUT2D eigenvalue weighted by Gasteiger charge is -2.35. The standard InChI is InChI=1S/C22H29N3O4S2/c26-22(18-23(16-19-6-4-14-29-19)17-20-7-5-15-30-20)24-10-12-25(13-11-24)31(27,28)21-8-2-1-3-9-21/h1-3,5,7-9,15,19H,4,6,10-14,16-18H2/t19-/m1/s1. The molecule has 7 nitrogen and oxygen atoms in total. The van der Waals surface area contributed by atoms with Gasteiger partial charge in [-0.05, 0) is 36.4 Å². The molecule has 0 spiro atoms. The van der Waals surface area contributed by atoms with Gasteiger partial charge in [0, 0.05) is 50.8 Å². The molecule has 168 valence electrons. The molecule has 2 saturated heterocycles. The fraction of sp³-hybridized carbons (Fsp3) is 0.500. The second kappa shape index (κ2) is 10.2. The van der Waals surface area contributed by atoms with Gasteiger partial charge in [0.05, 0.1) is 17.5 Å². The number of amides is 1. The lowest BCUT2D eigenvalue weighted by molar-refractivity contribution is -0.134. The summed E-state index contributed by atoms with van der Waals surface area (Å²) in [4.78, 5) is 18.5. The maximum absolute atomic E-state index is 13.0. The minimum absolute atomic E-state index is 0.0475. The van der Waals surface area contributed by atoms with Crippen molar-refractivity contribution < 1.29 is 17.9 Å². The van der Waals surface area contributed by atoms with Crippen LogP contribution in [0.4, 0.5) is 0 Å². The van der Waals surface area contributed by atoms with Crippen molar-refractivity contribution in [2.24, 2.45) is 0 Å². The van der Waals surface area contributed by atoms with E-state index in [-0.39, 0.29) is 12.0 Å². The van der Waals surface area contributed by atoms with E-state index in [4.69, 9.17) is 4.74 Å². The van der Waals surface area contributed by atoms with Gasteiger partial charge in [0.1, 0.15) is 0 Å². The molecule has 2 aromatic rings. The SMILES string of the molecule is O=C(CN(Cc1cccs1)C[C@H]1CCCO1)N1CCN(S(=O)(=O)c2ccccc2)CC1. The molecule has 0 aliphatic carbocycles. The van der Waals surface area contributed by atoms with E-state index in [2.05, 4.69) is 11.0 Å². The summed E-state index contributed by atoms with van der Waals surface area (Å²) in [5, 5.41) is 2.05. The maximum atomic E-state index is 13.0. The Morgan fingerprint density at radius 2 is 1.87 bits per heavy atom. The van der Waals surface area contributed by atoms with Crippen molar-refractivity contribution in [3.05, 3.63) is 52.7 Å². The van der Waals surface area contributed by atoms with E-state index in [1.54, 1.807) is 46.6 Å². The summed E-state index contributed by atoms with van der Waals surface area (Å²) in [6.45, 7) is 4.05. The summed E-state index contributed by atoms with van der Waals surface area (Å²) >= 11 is 1.69. The van der Waals surface area contributed by atoms with Crippen LogP contribution in [0.2, 0.25) is 0 Å². The Labute approximate surface area is 188 Å². The van der Waals surface area contributed by atoms with Gasteiger partial charge in [0.15, 0.2) is 0 Å². The average molecular weight is 464 g/mol. The molecule has 2 aliphatic heterocycles. The predicted molar refractivity (Wildman–Crippen MR) is 120 cm³/mol. The van der Waals surface area contributed by atoms with Gasteiger partial charge >= 0.3 is 0 Å². The first kappa shape index (κ1) is 22.4. The van der Waals surface area contributed by atoms with Crippen molar-refractivity contribution in [1.82, 2.24) is 14.1 Å². The smallest absolute Gasteiger partial charge is 0.243 e. The lowest BCUT2D eigenvalue weighted by Crippen LogP contribution is -2.52. The molecule has 0 unspecified atom stereocenters. The second-order valence-corrected chi connectivity index (χ2v) is 11.0. The first-order chi connectivity index (χ1) is 15.0. The van der Waals surface area contributed by atoms with Crippen molar-refractivity contribution >= 4 is 27.3 Å². The summed E-state index contributed by atoms with van der Waals surface area (Å²) in [6, 6.07) is 12.6. The molecule has 0 bridgehead atoms. The van der Waals surface area contributed by atoms with Gasteiger partial charge in [-0.15, -0.1) is 11.3 Å². The number of ether oxygens (including phenoxy) is 1. The van der Waals surface area contributed by atoms with Crippen molar-refractivity contribution in [2.75, 3.05) is 45.9 Å². The number of thiophene rings is 1. The van der Waals surface area contributed by atoms with E-state index in [1.807, 2.05) is 11.4 Å². The van der Waals surface area contributed by atoms with Crippen molar-refractivity contribution in [1.29, 1.82) is 0 Å². The van der Waals surface area contributed by atoms with Crippen LogP contribution < -0.4 is 0 Å². The quantitative estimate of drug-likeness (QED) is 0.601. The molecule has 1 atom stereocenters. The average Bonchev–Trinajstić information content (AvgIpc) is 3.49. The first-order valence-electron chi connectivity index (χ1n) is 10.7.